The lowest BCUT2D eigenvalue weighted by atomic mass is 10.0. The maximum atomic E-state index is 5.65. The third-order valence-electron chi connectivity index (χ3n) is 2.90. The van der Waals surface area contributed by atoms with E-state index in [1.165, 1.54) is 5.56 Å². The van der Waals surface area contributed by atoms with Gasteiger partial charge in [-0.25, -0.2) is 0 Å². The van der Waals surface area contributed by atoms with Crippen LogP contribution in [0.1, 0.15) is 31.1 Å². The first-order chi connectivity index (χ1) is 9.10. The number of ether oxygens (including phenoxy) is 1. The highest BCUT2D eigenvalue weighted by atomic mass is 16.5. The van der Waals surface area contributed by atoms with Crippen LogP contribution >= 0.6 is 0 Å². The molecule has 0 saturated heterocycles. The second kappa shape index (κ2) is 5.89. The van der Waals surface area contributed by atoms with Gasteiger partial charge in [-0.1, -0.05) is 12.1 Å². The van der Waals surface area contributed by atoms with Gasteiger partial charge in [0, 0.05) is 13.2 Å². The SMILES string of the molecule is CNC(c1ccc(OC(C)C)cc1)c1ccn(C)n1. The van der Waals surface area contributed by atoms with Crippen molar-refractivity contribution in [2.45, 2.75) is 26.0 Å². The van der Waals surface area contributed by atoms with Gasteiger partial charge < -0.3 is 10.1 Å². The summed E-state index contributed by atoms with van der Waals surface area (Å²) in [6, 6.07) is 10.3. The average molecular weight is 259 g/mol. The van der Waals surface area contributed by atoms with Crippen molar-refractivity contribution in [3.8, 4) is 5.75 Å². The monoisotopic (exact) mass is 259 g/mol. The molecule has 1 unspecified atom stereocenters. The third-order valence-corrected chi connectivity index (χ3v) is 2.90. The maximum Gasteiger partial charge on any atom is 0.119 e. The van der Waals surface area contributed by atoms with E-state index in [-0.39, 0.29) is 12.1 Å². The number of benzene rings is 1. The molecule has 1 aromatic carbocycles. The largest absolute Gasteiger partial charge is 0.491 e. The molecule has 1 atom stereocenters. The van der Waals surface area contributed by atoms with Gasteiger partial charge in [0.25, 0.3) is 0 Å². The summed E-state index contributed by atoms with van der Waals surface area (Å²) in [6.07, 6.45) is 2.15. The Hall–Kier alpha value is -1.81. The molecular formula is C15H21N3O. The molecule has 19 heavy (non-hydrogen) atoms. The Kier molecular flexibility index (Phi) is 4.22. The first kappa shape index (κ1) is 13.6. The fraction of sp³-hybridized carbons (Fsp3) is 0.400. The molecule has 0 spiro atoms. The van der Waals surface area contributed by atoms with Gasteiger partial charge in [0.2, 0.25) is 0 Å². The zero-order chi connectivity index (χ0) is 13.8. The highest BCUT2D eigenvalue weighted by Gasteiger charge is 2.14. The first-order valence-electron chi connectivity index (χ1n) is 6.53. The van der Waals surface area contributed by atoms with E-state index in [9.17, 15) is 0 Å². The molecule has 2 rings (SSSR count). The van der Waals surface area contributed by atoms with Crippen LogP contribution in [-0.2, 0) is 7.05 Å². The van der Waals surface area contributed by atoms with Crippen molar-refractivity contribution in [3.05, 3.63) is 47.8 Å². The molecule has 102 valence electrons. The van der Waals surface area contributed by atoms with Crippen molar-refractivity contribution in [1.29, 1.82) is 0 Å². The standard InChI is InChI=1S/C15H21N3O/c1-11(2)19-13-7-5-12(6-8-13)15(16-3)14-9-10-18(4)17-14/h5-11,15-16H,1-4H3. The van der Waals surface area contributed by atoms with Crippen LogP contribution < -0.4 is 10.1 Å². The van der Waals surface area contributed by atoms with Crippen molar-refractivity contribution in [2.75, 3.05) is 7.05 Å². The fourth-order valence-corrected chi connectivity index (χ4v) is 2.08. The highest BCUT2D eigenvalue weighted by molar-refractivity contribution is 5.33. The molecular weight excluding hydrogens is 238 g/mol. The minimum Gasteiger partial charge on any atom is -0.491 e. The summed E-state index contributed by atoms with van der Waals surface area (Å²) >= 11 is 0. The van der Waals surface area contributed by atoms with Gasteiger partial charge in [-0.3, -0.25) is 4.68 Å². The van der Waals surface area contributed by atoms with Crippen LogP contribution in [0.2, 0.25) is 0 Å². The number of hydrogen-bond acceptors (Lipinski definition) is 3. The lowest BCUT2D eigenvalue weighted by molar-refractivity contribution is 0.242. The molecule has 1 heterocycles. The van der Waals surface area contributed by atoms with Gasteiger partial charge in [-0.2, -0.15) is 5.10 Å². The predicted molar refractivity (Wildman–Crippen MR) is 76.3 cm³/mol. The summed E-state index contributed by atoms with van der Waals surface area (Å²) in [4.78, 5) is 0. The number of hydrogen-bond donors (Lipinski definition) is 1. The molecule has 0 amide bonds. The second-order valence-electron chi connectivity index (χ2n) is 4.87. The van der Waals surface area contributed by atoms with Gasteiger partial charge in [-0.05, 0) is 44.7 Å². The summed E-state index contributed by atoms with van der Waals surface area (Å²) < 4.78 is 7.47. The Morgan fingerprint density at radius 3 is 2.32 bits per heavy atom. The normalized spacial score (nSPS) is 12.7. The summed E-state index contributed by atoms with van der Waals surface area (Å²) in [5, 5.41) is 7.74. The topological polar surface area (TPSA) is 39.1 Å². The number of aromatic nitrogens is 2. The lowest BCUT2D eigenvalue weighted by Gasteiger charge is -2.15. The van der Waals surface area contributed by atoms with E-state index in [0.29, 0.717) is 0 Å². The molecule has 0 aliphatic heterocycles. The van der Waals surface area contributed by atoms with E-state index in [2.05, 4.69) is 22.5 Å². The first-order valence-corrected chi connectivity index (χ1v) is 6.53. The molecule has 0 fully saturated rings. The Morgan fingerprint density at radius 2 is 1.84 bits per heavy atom. The van der Waals surface area contributed by atoms with Crippen molar-refractivity contribution in [2.24, 2.45) is 7.05 Å². The number of nitrogens with one attached hydrogen (secondary N) is 1. The smallest absolute Gasteiger partial charge is 0.119 e. The van der Waals surface area contributed by atoms with Gasteiger partial charge in [0.15, 0.2) is 0 Å². The average Bonchev–Trinajstić information content (AvgIpc) is 2.78. The van der Waals surface area contributed by atoms with Crippen LogP contribution in [-0.4, -0.2) is 22.9 Å². The molecule has 0 aliphatic rings. The Balaban J connectivity index is 2.19. The van der Waals surface area contributed by atoms with Crippen molar-refractivity contribution in [3.63, 3.8) is 0 Å². The fourth-order valence-electron chi connectivity index (χ4n) is 2.08. The summed E-state index contributed by atoms with van der Waals surface area (Å²) in [7, 11) is 3.87. The van der Waals surface area contributed by atoms with E-state index < -0.39 is 0 Å². The van der Waals surface area contributed by atoms with Gasteiger partial charge in [0.05, 0.1) is 17.8 Å². The van der Waals surface area contributed by atoms with E-state index >= 15 is 0 Å². The lowest BCUT2D eigenvalue weighted by Crippen LogP contribution is -2.18. The van der Waals surface area contributed by atoms with Crippen molar-refractivity contribution in [1.82, 2.24) is 15.1 Å². The quantitative estimate of drug-likeness (QED) is 0.896. The summed E-state index contributed by atoms with van der Waals surface area (Å²) in [5.41, 5.74) is 2.19. The molecule has 0 saturated carbocycles. The summed E-state index contributed by atoms with van der Waals surface area (Å²) in [6.45, 7) is 4.05. The number of aryl methyl sites for hydroxylation is 1. The van der Waals surface area contributed by atoms with Crippen molar-refractivity contribution < 1.29 is 4.74 Å². The molecule has 1 aromatic heterocycles. The predicted octanol–water partition coefficient (Wildman–Crippen LogP) is 2.52. The Morgan fingerprint density at radius 1 is 1.16 bits per heavy atom. The molecule has 4 nitrogen and oxygen atoms in total. The molecule has 2 aromatic rings. The van der Waals surface area contributed by atoms with E-state index in [0.717, 1.165) is 11.4 Å². The number of rotatable bonds is 5. The van der Waals surface area contributed by atoms with Crippen LogP contribution in [0.3, 0.4) is 0 Å². The van der Waals surface area contributed by atoms with E-state index in [1.807, 2.05) is 57.0 Å². The van der Waals surface area contributed by atoms with Gasteiger partial charge in [-0.15, -0.1) is 0 Å². The van der Waals surface area contributed by atoms with Crippen LogP contribution in [0.25, 0.3) is 0 Å². The molecule has 0 aliphatic carbocycles. The highest BCUT2D eigenvalue weighted by Crippen LogP contribution is 2.23. The molecule has 1 N–H and O–H groups in total. The summed E-state index contributed by atoms with van der Waals surface area (Å²) in [5.74, 6) is 0.898. The van der Waals surface area contributed by atoms with Crippen molar-refractivity contribution >= 4 is 0 Å². The molecule has 0 bridgehead atoms. The van der Waals surface area contributed by atoms with Crippen LogP contribution in [0, 0.1) is 0 Å². The van der Waals surface area contributed by atoms with Gasteiger partial charge >= 0.3 is 0 Å². The Labute approximate surface area is 114 Å². The zero-order valence-corrected chi connectivity index (χ0v) is 11.9. The van der Waals surface area contributed by atoms with E-state index in [1.54, 1.807) is 0 Å². The zero-order valence-electron chi connectivity index (χ0n) is 11.9. The number of nitrogens with zero attached hydrogens (tertiary/aromatic N) is 2. The minimum atomic E-state index is 0.106. The van der Waals surface area contributed by atoms with Crippen LogP contribution in [0.5, 0.6) is 5.75 Å². The molecule has 0 radical (unpaired) electrons. The maximum absolute atomic E-state index is 5.65. The van der Waals surface area contributed by atoms with E-state index in [4.69, 9.17) is 4.74 Å². The third kappa shape index (κ3) is 3.35. The minimum absolute atomic E-state index is 0.106. The van der Waals surface area contributed by atoms with Crippen LogP contribution in [0.15, 0.2) is 36.5 Å². The van der Waals surface area contributed by atoms with Crippen LogP contribution in [0.4, 0.5) is 0 Å². The second-order valence-corrected chi connectivity index (χ2v) is 4.87. The van der Waals surface area contributed by atoms with Gasteiger partial charge in [0.1, 0.15) is 5.75 Å². The Bertz CT molecular complexity index is 516. The molecule has 4 heteroatoms.